The van der Waals surface area contributed by atoms with Crippen LogP contribution in [-0.2, 0) is 4.79 Å². The Bertz CT molecular complexity index is 1260. The Morgan fingerprint density at radius 1 is 1.16 bits per heavy atom. The Morgan fingerprint density at radius 3 is 2.53 bits per heavy atom. The zero-order chi connectivity index (χ0) is 23.1. The van der Waals surface area contributed by atoms with Crippen LogP contribution in [0.1, 0.15) is 64.4 Å². The first kappa shape index (κ1) is 23.0. The van der Waals surface area contributed by atoms with Gasteiger partial charge in [-0.15, -0.1) is 0 Å². The fourth-order valence-corrected chi connectivity index (χ4v) is 3.70. The number of hydrogen-bond donors (Lipinski definition) is 2. The second-order valence-electron chi connectivity index (χ2n) is 7.74. The topological polar surface area (TPSA) is 107 Å². The van der Waals surface area contributed by atoms with Gasteiger partial charge >= 0.3 is 0 Å². The molecule has 0 saturated carbocycles. The monoisotopic (exact) mass is 432 g/mol. The lowest BCUT2D eigenvalue weighted by molar-refractivity contribution is -0.116. The molecule has 0 aliphatic heterocycles. The van der Waals surface area contributed by atoms with Crippen LogP contribution in [0.2, 0.25) is 0 Å². The van der Waals surface area contributed by atoms with Crippen LogP contribution in [0.4, 0.5) is 5.82 Å². The lowest BCUT2D eigenvalue weighted by Gasteiger charge is -2.07. The van der Waals surface area contributed by atoms with E-state index in [1.165, 1.54) is 4.40 Å². The van der Waals surface area contributed by atoms with Crippen LogP contribution < -0.4 is 16.1 Å². The number of carbonyl (C=O) groups is 1. The summed E-state index contributed by atoms with van der Waals surface area (Å²) < 4.78 is 1.27. The Kier molecular flexibility index (Phi) is 7.61. The standard InChI is InChI=1S/C25H28N4O3/c1-3-5-6-7-11-14-21(31)27-23-22(20(30)4-2)25(32)29-16-19(17-12-9-8-10-13-17)18(15-26)24(29)28-23/h8-10,12-13,16,30H,3-7,11,14H2,1-2H3,(H,27,28,31)/b22-20-. The van der Waals surface area contributed by atoms with E-state index in [-0.39, 0.29) is 40.3 Å². The summed E-state index contributed by atoms with van der Waals surface area (Å²) in [5.74, 6) is -0.429. The van der Waals surface area contributed by atoms with Crippen molar-refractivity contribution in [3.05, 3.63) is 57.7 Å². The van der Waals surface area contributed by atoms with Gasteiger partial charge in [0.05, 0.1) is 0 Å². The van der Waals surface area contributed by atoms with Crippen LogP contribution in [0, 0.1) is 11.3 Å². The van der Waals surface area contributed by atoms with Crippen LogP contribution in [0.5, 0.6) is 0 Å². The molecule has 166 valence electrons. The van der Waals surface area contributed by atoms with Gasteiger partial charge in [-0.05, 0) is 12.0 Å². The number of amides is 1. The molecule has 0 spiro atoms. The second-order valence-corrected chi connectivity index (χ2v) is 7.74. The summed E-state index contributed by atoms with van der Waals surface area (Å²) in [6.07, 6.45) is 7.11. The van der Waals surface area contributed by atoms with E-state index in [2.05, 4.69) is 23.3 Å². The van der Waals surface area contributed by atoms with Gasteiger partial charge < -0.3 is 10.4 Å². The van der Waals surface area contributed by atoms with Crippen molar-refractivity contribution in [2.45, 2.75) is 58.8 Å². The molecule has 32 heavy (non-hydrogen) atoms. The molecule has 7 nitrogen and oxygen atoms in total. The number of unbranched alkanes of at least 4 members (excludes halogenated alkanes) is 4. The highest BCUT2D eigenvalue weighted by atomic mass is 16.3. The molecule has 0 aliphatic carbocycles. The maximum atomic E-state index is 13.3. The van der Waals surface area contributed by atoms with Gasteiger partial charge in [-0.2, -0.15) is 5.26 Å². The number of fused-ring (bicyclic) bond motifs is 1. The van der Waals surface area contributed by atoms with E-state index in [1.54, 1.807) is 13.1 Å². The van der Waals surface area contributed by atoms with Crippen LogP contribution in [0.25, 0.3) is 22.5 Å². The average molecular weight is 433 g/mol. The summed E-state index contributed by atoms with van der Waals surface area (Å²) in [5, 5.41) is 22.9. The summed E-state index contributed by atoms with van der Waals surface area (Å²) in [4.78, 5) is 30.2. The highest BCUT2D eigenvalue weighted by Gasteiger charge is 2.20. The molecule has 3 aromatic rings. The second kappa shape index (κ2) is 10.6. The van der Waals surface area contributed by atoms with E-state index >= 15 is 0 Å². The van der Waals surface area contributed by atoms with Crippen molar-refractivity contribution < 1.29 is 9.90 Å². The third-order valence-corrected chi connectivity index (χ3v) is 5.45. The number of carbonyl (C=O) groups excluding carboxylic acids is 1. The molecule has 2 aromatic heterocycles. The Labute approximate surface area is 187 Å². The summed E-state index contributed by atoms with van der Waals surface area (Å²) >= 11 is 0. The number of nitrogens with one attached hydrogen (secondary N) is 1. The fourth-order valence-electron chi connectivity index (χ4n) is 3.70. The van der Waals surface area contributed by atoms with Gasteiger partial charge in [0.1, 0.15) is 22.6 Å². The van der Waals surface area contributed by atoms with Crippen molar-refractivity contribution in [3.63, 3.8) is 0 Å². The molecule has 1 amide bonds. The van der Waals surface area contributed by atoms with Crippen molar-refractivity contribution in [2.24, 2.45) is 0 Å². The van der Waals surface area contributed by atoms with Gasteiger partial charge in [-0.1, -0.05) is 69.9 Å². The Hall–Kier alpha value is -3.66. The van der Waals surface area contributed by atoms with E-state index in [9.17, 15) is 20.0 Å². The minimum Gasteiger partial charge on any atom is -0.511 e. The number of anilines is 1. The Balaban J connectivity index is 2.07. The minimum absolute atomic E-state index is 0.00498. The first-order chi connectivity index (χ1) is 15.5. The number of aromatic nitrogens is 2. The maximum absolute atomic E-state index is 13.3. The molecule has 0 saturated heterocycles. The van der Waals surface area contributed by atoms with Gasteiger partial charge in [-0.3, -0.25) is 14.0 Å². The molecule has 0 bridgehead atoms. The predicted molar refractivity (Wildman–Crippen MR) is 125 cm³/mol. The van der Waals surface area contributed by atoms with E-state index in [0.717, 1.165) is 37.7 Å². The molecular formula is C25H28N4O3. The first-order valence-corrected chi connectivity index (χ1v) is 11.1. The molecule has 7 heteroatoms. The quantitative estimate of drug-likeness (QED) is 0.490. The average Bonchev–Trinajstić information content (AvgIpc) is 3.18. The van der Waals surface area contributed by atoms with Gasteiger partial charge in [0.25, 0.3) is 5.56 Å². The van der Waals surface area contributed by atoms with E-state index in [0.29, 0.717) is 12.0 Å². The van der Waals surface area contributed by atoms with Crippen molar-refractivity contribution in [1.29, 1.82) is 5.26 Å². The molecule has 3 rings (SSSR count). The van der Waals surface area contributed by atoms with Gasteiger partial charge in [-0.25, -0.2) is 4.98 Å². The van der Waals surface area contributed by atoms with E-state index in [1.807, 2.05) is 30.3 Å². The van der Waals surface area contributed by atoms with Crippen LogP contribution >= 0.6 is 0 Å². The molecular weight excluding hydrogens is 404 g/mol. The fraction of sp³-hybridized carbons (Fsp3) is 0.360. The van der Waals surface area contributed by atoms with Gasteiger partial charge in [0.2, 0.25) is 5.91 Å². The predicted octanol–water partition coefficient (Wildman–Crippen LogP) is 4.33. The summed E-state index contributed by atoms with van der Waals surface area (Å²) in [7, 11) is 0. The SMILES string of the molecule is CCCCCCCC(=O)Nc1nc2c(C#N)c(-c3ccccc3)cn2c(=O)/c1=C(\O)CC. The van der Waals surface area contributed by atoms with E-state index in [4.69, 9.17) is 0 Å². The molecule has 2 heterocycles. The zero-order valence-corrected chi connectivity index (χ0v) is 18.5. The van der Waals surface area contributed by atoms with E-state index < -0.39 is 5.56 Å². The number of nitriles is 1. The largest absolute Gasteiger partial charge is 0.511 e. The Morgan fingerprint density at radius 2 is 1.88 bits per heavy atom. The molecule has 2 N–H and O–H groups in total. The van der Waals surface area contributed by atoms with Gasteiger partial charge in [0, 0.05) is 24.6 Å². The lowest BCUT2D eigenvalue weighted by atomic mass is 10.1. The highest BCUT2D eigenvalue weighted by Crippen LogP contribution is 2.26. The molecule has 0 aliphatic rings. The minimum atomic E-state index is -0.522. The molecule has 1 aromatic carbocycles. The summed E-state index contributed by atoms with van der Waals surface area (Å²) in [5.41, 5.74) is 1.22. The summed E-state index contributed by atoms with van der Waals surface area (Å²) in [6, 6.07) is 11.4. The molecule has 0 fully saturated rings. The smallest absolute Gasteiger partial charge is 0.270 e. The number of aliphatic hydroxyl groups is 1. The molecule has 0 unspecified atom stereocenters. The van der Waals surface area contributed by atoms with Crippen LogP contribution in [-0.4, -0.2) is 20.4 Å². The zero-order valence-electron chi connectivity index (χ0n) is 18.5. The number of nitrogens with zero attached hydrogens (tertiary/aromatic N) is 3. The van der Waals surface area contributed by atoms with Crippen LogP contribution in [0.3, 0.4) is 0 Å². The first-order valence-electron chi connectivity index (χ1n) is 11.1. The number of aliphatic hydroxyl groups excluding tert-OH is 1. The highest BCUT2D eigenvalue weighted by molar-refractivity contribution is 5.90. The van der Waals surface area contributed by atoms with Gasteiger partial charge in [0.15, 0.2) is 11.5 Å². The van der Waals surface area contributed by atoms with Crippen molar-refractivity contribution >= 4 is 23.1 Å². The van der Waals surface area contributed by atoms with Crippen molar-refractivity contribution in [1.82, 2.24) is 9.38 Å². The van der Waals surface area contributed by atoms with Crippen LogP contribution in [0.15, 0.2) is 41.3 Å². The number of rotatable bonds is 9. The number of benzene rings is 1. The van der Waals surface area contributed by atoms with Crippen molar-refractivity contribution in [2.75, 3.05) is 5.32 Å². The molecule has 0 atom stereocenters. The maximum Gasteiger partial charge on any atom is 0.270 e. The molecule has 0 radical (unpaired) electrons. The third-order valence-electron chi connectivity index (χ3n) is 5.45. The number of hydrogen-bond acceptors (Lipinski definition) is 5. The third kappa shape index (κ3) is 4.80. The van der Waals surface area contributed by atoms with Crippen molar-refractivity contribution in [3.8, 4) is 17.2 Å². The lowest BCUT2D eigenvalue weighted by Crippen LogP contribution is -2.37. The normalized spacial score (nSPS) is 11.9. The summed E-state index contributed by atoms with van der Waals surface area (Å²) in [6.45, 7) is 3.84.